The Morgan fingerprint density at radius 1 is 1.00 bits per heavy atom. The van der Waals surface area contributed by atoms with Crippen molar-refractivity contribution in [3.8, 4) is 0 Å². The molecule has 0 N–H and O–H groups in total. The van der Waals surface area contributed by atoms with E-state index in [2.05, 4.69) is 4.98 Å². The number of nitrogens with zero attached hydrogens (tertiary/aromatic N) is 1. The van der Waals surface area contributed by atoms with Crippen LogP contribution in [0, 0.1) is 0 Å². The van der Waals surface area contributed by atoms with Crippen LogP contribution in [0.3, 0.4) is 0 Å². The van der Waals surface area contributed by atoms with Crippen molar-refractivity contribution in [2.75, 3.05) is 0 Å². The van der Waals surface area contributed by atoms with Gasteiger partial charge in [-0.2, -0.15) is 0 Å². The van der Waals surface area contributed by atoms with E-state index in [1.54, 1.807) is 12.4 Å². The van der Waals surface area contributed by atoms with Crippen LogP contribution < -0.4 is 0 Å². The second kappa shape index (κ2) is 7.21. The van der Waals surface area contributed by atoms with Crippen LogP contribution in [-0.4, -0.2) is 28.0 Å². The average molecular weight is 142 g/mol. The van der Waals surface area contributed by atoms with Crippen molar-refractivity contribution in [3.63, 3.8) is 0 Å². The Labute approximate surface area is 74.0 Å². The van der Waals surface area contributed by atoms with Crippen molar-refractivity contribution in [2.45, 2.75) is 0 Å². The van der Waals surface area contributed by atoms with E-state index in [9.17, 15) is 0 Å². The molecule has 0 aliphatic carbocycles. The maximum absolute atomic E-state index is 3.78. The van der Waals surface area contributed by atoms with E-state index in [-0.39, 0.29) is 38.3 Å². The molecule has 0 saturated heterocycles. The predicted molar refractivity (Wildman–Crippen MR) is 39.5 cm³/mol. The second-order valence-corrected chi connectivity index (χ2v) is 1.02. The molecule has 0 aliphatic heterocycles. The Hall–Kier alpha value is 0.206. The zero-order valence-electron chi connectivity index (χ0n) is 6.45. The van der Waals surface area contributed by atoms with E-state index in [4.69, 9.17) is 0 Å². The molecule has 1 aromatic rings. The van der Waals surface area contributed by atoms with Gasteiger partial charge in [0, 0.05) is 12.4 Å². The Bertz CT molecular complexity index is 91.6. The number of rotatable bonds is 0. The summed E-state index contributed by atoms with van der Waals surface area (Å²) in [6.45, 7) is 0. The van der Waals surface area contributed by atoms with Gasteiger partial charge in [-0.1, -0.05) is 6.07 Å². The minimum atomic E-state index is 0. The van der Waals surface area contributed by atoms with Gasteiger partial charge in [-0.25, -0.2) is 0 Å². The fraction of sp³-hybridized carbons (Fsp3) is 0. The molecule has 0 aromatic carbocycles. The van der Waals surface area contributed by atoms with Crippen LogP contribution in [0.2, 0.25) is 0 Å². The molecular formula is C5H8ClMgN. The quantitative estimate of drug-likeness (QED) is 0.498. The molecule has 0 saturated carbocycles. The molecular weight excluding hydrogens is 134 g/mol. The van der Waals surface area contributed by atoms with Crippen molar-refractivity contribution in [2.24, 2.45) is 0 Å². The fourth-order valence-electron chi connectivity index (χ4n) is 0.313. The molecule has 1 rings (SSSR count). The van der Waals surface area contributed by atoms with Crippen molar-refractivity contribution in [3.05, 3.63) is 30.6 Å². The third-order valence-electron chi connectivity index (χ3n) is 0.566. The van der Waals surface area contributed by atoms with E-state index in [0.29, 0.717) is 0 Å². The molecule has 0 atom stereocenters. The van der Waals surface area contributed by atoms with E-state index < -0.39 is 0 Å². The maximum atomic E-state index is 3.78. The molecule has 0 bridgehead atoms. The van der Waals surface area contributed by atoms with Crippen LogP contribution in [0.5, 0.6) is 0 Å². The number of hydrogen-bond donors (Lipinski definition) is 0. The summed E-state index contributed by atoms with van der Waals surface area (Å²) in [7, 11) is 0. The van der Waals surface area contributed by atoms with Gasteiger partial charge in [-0.3, -0.25) is 4.98 Å². The summed E-state index contributed by atoms with van der Waals surface area (Å²) in [5.74, 6) is 0. The van der Waals surface area contributed by atoms with Crippen LogP contribution >= 0.6 is 12.4 Å². The zero-order valence-corrected chi connectivity index (χ0v) is 6.68. The second-order valence-electron chi connectivity index (χ2n) is 1.02. The van der Waals surface area contributed by atoms with Gasteiger partial charge < -0.3 is 2.85 Å². The first-order chi connectivity index (χ1) is 3.00. The molecule has 8 heavy (non-hydrogen) atoms. The van der Waals surface area contributed by atoms with Crippen molar-refractivity contribution < 1.29 is 2.85 Å². The van der Waals surface area contributed by atoms with Crippen LogP contribution in [0.15, 0.2) is 30.6 Å². The molecule has 0 aliphatic rings. The third-order valence-corrected chi connectivity index (χ3v) is 0.566. The molecule has 42 valence electrons. The maximum Gasteiger partial charge on any atom is 2.00 e. The summed E-state index contributed by atoms with van der Waals surface area (Å²) in [6, 6.07) is 5.72. The number of aromatic nitrogens is 1. The molecule has 1 aromatic heterocycles. The number of hydrogen-bond acceptors (Lipinski definition) is 1. The van der Waals surface area contributed by atoms with Crippen molar-refractivity contribution in [1.29, 1.82) is 0 Å². The van der Waals surface area contributed by atoms with Gasteiger partial charge in [0.1, 0.15) is 0 Å². The van der Waals surface area contributed by atoms with Gasteiger partial charge in [0.05, 0.1) is 0 Å². The van der Waals surface area contributed by atoms with Gasteiger partial charge in [-0.15, -0.1) is 12.4 Å². The minimum Gasteiger partial charge on any atom is -1.00 e. The van der Waals surface area contributed by atoms with Gasteiger partial charge >= 0.3 is 23.1 Å². The van der Waals surface area contributed by atoms with Crippen LogP contribution in [-0.2, 0) is 0 Å². The van der Waals surface area contributed by atoms with E-state index in [0.717, 1.165) is 0 Å². The van der Waals surface area contributed by atoms with E-state index in [1.165, 1.54) is 0 Å². The molecule has 0 unspecified atom stereocenters. The number of halogens is 1. The number of pyridine rings is 1. The largest absolute Gasteiger partial charge is 2.00 e. The molecule has 0 amide bonds. The van der Waals surface area contributed by atoms with Gasteiger partial charge in [0.25, 0.3) is 0 Å². The van der Waals surface area contributed by atoms with Gasteiger partial charge in [0.15, 0.2) is 0 Å². The Kier molecular flexibility index (Phi) is 9.97. The molecule has 1 nitrogen and oxygen atoms in total. The summed E-state index contributed by atoms with van der Waals surface area (Å²) in [6.07, 6.45) is 3.50. The van der Waals surface area contributed by atoms with Crippen LogP contribution in [0.1, 0.15) is 2.85 Å². The Morgan fingerprint density at radius 3 is 1.62 bits per heavy atom. The average Bonchev–Trinajstić information content (AvgIpc) is 1.72. The normalized spacial score (nSPS) is 6.00. The fourth-order valence-corrected chi connectivity index (χ4v) is 0.313. The first kappa shape index (κ1) is 11.1. The molecule has 0 radical (unpaired) electrons. The molecule has 1 heterocycles. The summed E-state index contributed by atoms with van der Waals surface area (Å²) in [5, 5.41) is 0. The van der Waals surface area contributed by atoms with E-state index in [1.807, 2.05) is 18.2 Å². The summed E-state index contributed by atoms with van der Waals surface area (Å²) >= 11 is 0. The van der Waals surface area contributed by atoms with Gasteiger partial charge in [0.2, 0.25) is 0 Å². The topological polar surface area (TPSA) is 12.9 Å². The third kappa shape index (κ3) is 4.37. The molecule has 0 fully saturated rings. The SMILES string of the molecule is Cl.[H-].[H-].[Mg+2].c1ccncc1. The Balaban J connectivity index is -0.0000000450. The monoisotopic (exact) mass is 141 g/mol. The standard InChI is InChI=1S/C5H5N.ClH.Mg.2H/c1-2-4-6-5-3-1;;;;/h1-5H;1H;;;/q;;+2;2*-1. The van der Waals surface area contributed by atoms with Crippen molar-refractivity contribution in [1.82, 2.24) is 4.98 Å². The first-order valence-electron chi connectivity index (χ1n) is 1.85. The minimum absolute atomic E-state index is 0. The summed E-state index contributed by atoms with van der Waals surface area (Å²) in [4.78, 5) is 3.78. The van der Waals surface area contributed by atoms with E-state index >= 15 is 0 Å². The molecule has 0 spiro atoms. The first-order valence-corrected chi connectivity index (χ1v) is 1.85. The van der Waals surface area contributed by atoms with Crippen LogP contribution in [0.25, 0.3) is 0 Å². The summed E-state index contributed by atoms with van der Waals surface area (Å²) in [5.41, 5.74) is 0. The van der Waals surface area contributed by atoms with Crippen molar-refractivity contribution >= 4 is 35.5 Å². The van der Waals surface area contributed by atoms with Gasteiger partial charge in [-0.05, 0) is 12.1 Å². The van der Waals surface area contributed by atoms with Crippen LogP contribution in [0.4, 0.5) is 0 Å². The molecule has 3 heteroatoms. The predicted octanol–water partition coefficient (Wildman–Crippen LogP) is 1.35. The summed E-state index contributed by atoms with van der Waals surface area (Å²) < 4.78 is 0. The Morgan fingerprint density at radius 2 is 1.50 bits per heavy atom. The smallest absolute Gasteiger partial charge is 1.00 e. The zero-order chi connectivity index (χ0) is 4.24.